The first-order valence-electron chi connectivity index (χ1n) is 4.53. The molecule has 0 unspecified atom stereocenters. The molecule has 3 nitrogen and oxygen atoms in total. The molecule has 1 aromatic rings. The third-order valence-corrected chi connectivity index (χ3v) is 1.94. The van der Waals surface area contributed by atoms with Crippen molar-refractivity contribution in [2.24, 2.45) is 0 Å². The molecule has 0 atom stereocenters. The van der Waals surface area contributed by atoms with Crippen LogP contribution in [0, 0.1) is 13.8 Å². The van der Waals surface area contributed by atoms with E-state index in [9.17, 15) is 9.90 Å². The van der Waals surface area contributed by atoms with Gasteiger partial charge in [0.05, 0.1) is 6.61 Å². The Hall–Kier alpha value is -1.51. The maximum absolute atomic E-state index is 11.4. The van der Waals surface area contributed by atoms with Crippen molar-refractivity contribution >= 4 is 5.97 Å². The van der Waals surface area contributed by atoms with Crippen LogP contribution in [0.25, 0.3) is 0 Å². The molecule has 0 fully saturated rings. The van der Waals surface area contributed by atoms with E-state index in [1.165, 1.54) is 0 Å². The van der Waals surface area contributed by atoms with Crippen molar-refractivity contribution < 1.29 is 14.6 Å². The number of phenolic OH excluding ortho intramolecular Hbond substituents is 1. The van der Waals surface area contributed by atoms with Crippen LogP contribution in [0.15, 0.2) is 12.1 Å². The number of carbonyl (C=O) groups excluding carboxylic acids is 1. The van der Waals surface area contributed by atoms with Crippen LogP contribution in [0.4, 0.5) is 0 Å². The van der Waals surface area contributed by atoms with Gasteiger partial charge in [-0.1, -0.05) is 6.07 Å². The molecular weight excluding hydrogens is 180 g/mol. The number of rotatable bonds is 2. The van der Waals surface area contributed by atoms with E-state index in [1.54, 1.807) is 19.9 Å². The largest absolute Gasteiger partial charge is 0.507 e. The van der Waals surface area contributed by atoms with Crippen LogP contribution in [0.1, 0.15) is 28.4 Å². The van der Waals surface area contributed by atoms with Crippen molar-refractivity contribution in [1.29, 1.82) is 0 Å². The number of ether oxygens (including phenoxy) is 1. The normalized spacial score (nSPS) is 9.93. The van der Waals surface area contributed by atoms with E-state index in [-0.39, 0.29) is 11.3 Å². The smallest absolute Gasteiger partial charge is 0.341 e. The van der Waals surface area contributed by atoms with E-state index >= 15 is 0 Å². The molecule has 0 aliphatic heterocycles. The molecule has 3 heteroatoms. The molecule has 0 saturated heterocycles. The number of esters is 1. The number of aromatic hydroxyl groups is 1. The van der Waals surface area contributed by atoms with Gasteiger partial charge < -0.3 is 9.84 Å². The minimum Gasteiger partial charge on any atom is -0.507 e. The number of hydrogen-bond acceptors (Lipinski definition) is 3. The standard InChI is InChI=1S/C11H14O3/c1-4-14-11(13)9-6-7(2)5-8(3)10(9)12/h5-6,12H,4H2,1-3H3. The highest BCUT2D eigenvalue weighted by atomic mass is 16.5. The van der Waals surface area contributed by atoms with Crippen LogP contribution in [0.3, 0.4) is 0 Å². The Morgan fingerprint density at radius 1 is 1.43 bits per heavy atom. The maximum Gasteiger partial charge on any atom is 0.341 e. The van der Waals surface area contributed by atoms with E-state index in [4.69, 9.17) is 4.74 Å². The quantitative estimate of drug-likeness (QED) is 0.734. The second-order valence-electron chi connectivity index (χ2n) is 3.20. The zero-order valence-corrected chi connectivity index (χ0v) is 8.63. The number of carbonyl (C=O) groups is 1. The van der Waals surface area contributed by atoms with Gasteiger partial charge in [0.25, 0.3) is 0 Å². The minimum atomic E-state index is -0.475. The molecule has 0 saturated carbocycles. The highest BCUT2D eigenvalue weighted by Crippen LogP contribution is 2.24. The lowest BCUT2D eigenvalue weighted by molar-refractivity contribution is 0.0523. The van der Waals surface area contributed by atoms with Crippen molar-refractivity contribution in [3.63, 3.8) is 0 Å². The topological polar surface area (TPSA) is 46.5 Å². The lowest BCUT2D eigenvalue weighted by Crippen LogP contribution is -2.05. The van der Waals surface area contributed by atoms with E-state index in [0.717, 1.165) is 5.56 Å². The van der Waals surface area contributed by atoms with Gasteiger partial charge in [-0.15, -0.1) is 0 Å². The van der Waals surface area contributed by atoms with Crippen LogP contribution in [-0.2, 0) is 4.74 Å². The Morgan fingerprint density at radius 3 is 2.64 bits per heavy atom. The SMILES string of the molecule is CCOC(=O)c1cc(C)cc(C)c1O. The van der Waals surface area contributed by atoms with E-state index in [0.29, 0.717) is 12.2 Å². The molecular formula is C11H14O3. The Kier molecular flexibility index (Phi) is 3.12. The zero-order chi connectivity index (χ0) is 10.7. The monoisotopic (exact) mass is 194 g/mol. The lowest BCUT2D eigenvalue weighted by Gasteiger charge is -2.07. The van der Waals surface area contributed by atoms with Crippen molar-refractivity contribution in [3.05, 3.63) is 28.8 Å². The molecule has 1 N–H and O–H groups in total. The second-order valence-corrected chi connectivity index (χ2v) is 3.20. The van der Waals surface area contributed by atoms with Gasteiger partial charge in [0.15, 0.2) is 0 Å². The molecule has 76 valence electrons. The summed E-state index contributed by atoms with van der Waals surface area (Å²) in [6, 6.07) is 3.44. The van der Waals surface area contributed by atoms with Gasteiger partial charge in [0.1, 0.15) is 11.3 Å². The maximum atomic E-state index is 11.4. The van der Waals surface area contributed by atoms with E-state index in [2.05, 4.69) is 0 Å². The Balaban J connectivity index is 3.13. The first-order chi connectivity index (χ1) is 6.56. The fraction of sp³-hybridized carbons (Fsp3) is 0.364. The predicted molar refractivity (Wildman–Crippen MR) is 53.5 cm³/mol. The van der Waals surface area contributed by atoms with Gasteiger partial charge in [-0.3, -0.25) is 0 Å². The van der Waals surface area contributed by atoms with Gasteiger partial charge in [0, 0.05) is 0 Å². The first kappa shape index (κ1) is 10.6. The molecule has 0 bridgehead atoms. The van der Waals surface area contributed by atoms with E-state index in [1.807, 2.05) is 13.0 Å². The summed E-state index contributed by atoms with van der Waals surface area (Å²) in [4.78, 5) is 11.4. The first-order valence-corrected chi connectivity index (χ1v) is 4.53. The van der Waals surface area contributed by atoms with Crippen molar-refractivity contribution in [1.82, 2.24) is 0 Å². The molecule has 0 aromatic heterocycles. The third kappa shape index (κ3) is 2.05. The summed E-state index contributed by atoms with van der Waals surface area (Å²) in [5, 5.41) is 9.62. The Morgan fingerprint density at radius 2 is 2.07 bits per heavy atom. The second kappa shape index (κ2) is 4.13. The average molecular weight is 194 g/mol. The van der Waals surface area contributed by atoms with Crippen molar-refractivity contribution in [2.75, 3.05) is 6.61 Å². The van der Waals surface area contributed by atoms with Gasteiger partial charge in [-0.2, -0.15) is 0 Å². The molecule has 0 spiro atoms. The van der Waals surface area contributed by atoms with Crippen LogP contribution in [0.5, 0.6) is 5.75 Å². The number of phenols is 1. The minimum absolute atomic E-state index is 0.00838. The van der Waals surface area contributed by atoms with Crippen LogP contribution in [0.2, 0.25) is 0 Å². The highest BCUT2D eigenvalue weighted by Gasteiger charge is 2.14. The van der Waals surface area contributed by atoms with Crippen LogP contribution < -0.4 is 0 Å². The van der Waals surface area contributed by atoms with Crippen LogP contribution >= 0.6 is 0 Å². The molecule has 0 radical (unpaired) electrons. The summed E-state index contributed by atoms with van der Waals surface area (Å²) >= 11 is 0. The molecule has 0 aliphatic carbocycles. The summed E-state index contributed by atoms with van der Waals surface area (Å²) < 4.78 is 4.82. The predicted octanol–water partition coefficient (Wildman–Crippen LogP) is 2.19. The number of benzene rings is 1. The van der Waals surface area contributed by atoms with Crippen LogP contribution in [-0.4, -0.2) is 17.7 Å². The molecule has 1 aromatic carbocycles. The summed E-state index contributed by atoms with van der Waals surface area (Å²) in [6.45, 7) is 5.67. The number of hydrogen-bond donors (Lipinski definition) is 1. The summed E-state index contributed by atoms with van der Waals surface area (Å²) in [5.41, 5.74) is 1.86. The average Bonchev–Trinajstić information content (AvgIpc) is 2.11. The van der Waals surface area contributed by atoms with Crippen molar-refractivity contribution in [2.45, 2.75) is 20.8 Å². The highest BCUT2D eigenvalue weighted by molar-refractivity contribution is 5.93. The molecule has 0 heterocycles. The lowest BCUT2D eigenvalue weighted by atomic mass is 10.1. The van der Waals surface area contributed by atoms with Gasteiger partial charge >= 0.3 is 5.97 Å². The van der Waals surface area contributed by atoms with Gasteiger partial charge in [-0.25, -0.2) is 4.79 Å². The summed E-state index contributed by atoms with van der Waals surface area (Å²) in [7, 11) is 0. The number of aryl methyl sites for hydroxylation is 2. The third-order valence-electron chi connectivity index (χ3n) is 1.94. The Bertz CT molecular complexity index is 356. The molecule has 1 rings (SSSR count). The molecule has 0 amide bonds. The van der Waals surface area contributed by atoms with E-state index < -0.39 is 5.97 Å². The summed E-state index contributed by atoms with van der Waals surface area (Å²) in [5.74, 6) is -0.467. The van der Waals surface area contributed by atoms with Gasteiger partial charge in [0.2, 0.25) is 0 Å². The van der Waals surface area contributed by atoms with Gasteiger partial charge in [-0.05, 0) is 38.0 Å². The molecule has 14 heavy (non-hydrogen) atoms. The summed E-state index contributed by atoms with van der Waals surface area (Å²) in [6.07, 6.45) is 0. The zero-order valence-electron chi connectivity index (χ0n) is 8.63. The fourth-order valence-electron chi connectivity index (χ4n) is 1.32. The Labute approximate surface area is 83.3 Å². The fourth-order valence-corrected chi connectivity index (χ4v) is 1.32. The molecule has 0 aliphatic rings. The van der Waals surface area contributed by atoms with Crippen molar-refractivity contribution in [3.8, 4) is 5.75 Å².